The molecule has 3 aromatic rings. The topological polar surface area (TPSA) is 90.9 Å². The van der Waals surface area contributed by atoms with Crippen LogP contribution >= 0.6 is 12.6 Å². The fraction of sp³-hybridized carbons (Fsp3) is 0.389. The summed E-state index contributed by atoms with van der Waals surface area (Å²) < 4.78 is 7.57. The molecule has 1 aliphatic carbocycles. The lowest BCUT2D eigenvalue weighted by atomic mass is 10.2. The summed E-state index contributed by atoms with van der Waals surface area (Å²) in [4.78, 5) is 13.8. The van der Waals surface area contributed by atoms with Crippen LogP contribution in [-0.4, -0.2) is 26.6 Å². The summed E-state index contributed by atoms with van der Waals surface area (Å²) in [6.45, 7) is 0. The zero-order chi connectivity index (χ0) is 18.1. The van der Waals surface area contributed by atoms with Gasteiger partial charge in [0.2, 0.25) is 0 Å². The van der Waals surface area contributed by atoms with Gasteiger partial charge in [-0.2, -0.15) is 12.6 Å². The largest absolute Gasteiger partial charge is 0.495 e. The summed E-state index contributed by atoms with van der Waals surface area (Å²) in [6.07, 6.45) is 6.62. The monoisotopic (exact) mass is 370 g/mol. The molecule has 0 spiro atoms. The highest BCUT2D eigenvalue weighted by atomic mass is 32.1. The number of aromatic nitrogens is 4. The zero-order valence-corrected chi connectivity index (χ0v) is 15.5. The number of methoxy groups -OCH3 is 1. The number of fused-ring (bicyclic) bond motifs is 1. The Morgan fingerprint density at radius 1 is 1.27 bits per heavy atom. The summed E-state index contributed by atoms with van der Waals surface area (Å²) in [7, 11) is 1.64. The third-order valence-electron chi connectivity index (χ3n) is 4.78. The maximum atomic E-state index is 5.95. The van der Waals surface area contributed by atoms with E-state index in [4.69, 9.17) is 10.5 Å². The molecular weight excluding hydrogens is 348 g/mol. The fourth-order valence-corrected chi connectivity index (χ4v) is 3.59. The number of rotatable bonds is 5. The molecule has 1 unspecified atom stereocenters. The molecule has 3 N–H and O–H groups in total. The van der Waals surface area contributed by atoms with Gasteiger partial charge in [-0.05, 0) is 25.0 Å². The highest BCUT2D eigenvalue weighted by Gasteiger charge is 2.22. The van der Waals surface area contributed by atoms with Crippen LogP contribution in [0.5, 0.6) is 5.75 Å². The van der Waals surface area contributed by atoms with Gasteiger partial charge >= 0.3 is 0 Å². The van der Waals surface area contributed by atoms with Crippen molar-refractivity contribution in [2.75, 3.05) is 12.4 Å². The second-order valence-corrected chi connectivity index (χ2v) is 7.02. The molecule has 1 saturated carbocycles. The van der Waals surface area contributed by atoms with Gasteiger partial charge in [-0.15, -0.1) is 0 Å². The van der Waals surface area contributed by atoms with Crippen LogP contribution in [0.3, 0.4) is 0 Å². The van der Waals surface area contributed by atoms with E-state index in [0.717, 1.165) is 35.4 Å². The lowest BCUT2D eigenvalue weighted by molar-refractivity contribution is 0.417. The van der Waals surface area contributed by atoms with Crippen LogP contribution in [0, 0.1) is 0 Å². The third-order valence-corrected chi connectivity index (χ3v) is 5.01. The van der Waals surface area contributed by atoms with E-state index >= 15 is 0 Å². The molecule has 136 valence electrons. The van der Waals surface area contributed by atoms with Crippen LogP contribution in [0.1, 0.15) is 42.9 Å². The van der Waals surface area contributed by atoms with Crippen molar-refractivity contribution in [1.82, 2.24) is 19.5 Å². The number of thiol groups is 1. The molecule has 26 heavy (non-hydrogen) atoms. The second-order valence-electron chi connectivity index (χ2n) is 6.46. The summed E-state index contributed by atoms with van der Waals surface area (Å²) >= 11 is 4.32. The number of nitrogens with two attached hydrogens (primary N) is 1. The van der Waals surface area contributed by atoms with Crippen molar-refractivity contribution < 1.29 is 4.74 Å². The maximum absolute atomic E-state index is 5.95. The molecule has 7 nitrogen and oxygen atoms in total. The average molecular weight is 370 g/mol. The minimum absolute atomic E-state index is 0.429. The van der Waals surface area contributed by atoms with Crippen molar-refractivity contribution >= 4 is 35.3 Å². The second kappa shape index (κ2) is 7.13. The van der Waals surface area contributed by atoms with Crippen LogP contribution in [0.15, 0.2) is 30.6 Å². The van der Waals surface area contributed by atoms with E-state index in [1.54, 1.807) is 7.11 Å². The number of hydrogen-bond donors (Lipinski definition) is 3. The molecule has 1 atom stereocenters. The SMILES string of the molecule is COc1ccccc1Nc1nc(C(N)S)nc2c1ncn2C1CCCC1. The Kier molecular flexibility index (Phi) is 4.69. The molecular formula is C18H22N6OS. The quantitative estimate of drug-likeness (QED) is 0.470. The van der Waals surface area contributed by atoms with Crippen molar-refractivity contribution in [2.45, 2.75) is 37.1 Å². The van der Waals surface area contributed by atoms with Crippen LogP contribution < -0.4 is 15.8 Å². The predicted octanol–water partition coefficient (Wildman–Crippen LogP) is 3.58. The standard InChI is InChI=1S/C18H22N6OS/c1-25-13-9-5-4-8-12(13)21-16-14-18(23-17(22-16)15(19)26)24(10-20-14)11-6-2-3-7-11/h4-5,8-11,15,26H,2-3,6-7,19H2,1H3,(H,21,22,23). The molecule has 8 heteroatoms. The van der Waals surface area contributed by atoms with Gasteiger partial charge in [-0.3, -0.25) is 0 Å². The minimum atomic E-state index is -0.565. The first-order valence-electron chi connectivity index (χ1n) is 8.75. The fourth-order valence-electron chi connectivity index (χ4n) is 3.48. The highest BCUT2D eigenvalue weighted by molar-refractivity contribution is 7.80. The molecule has 4 rings (SSSR count). The van der Waals surface area contributed by atoms with Crippen LogP contribution in [-0.2, 0) is 0 Å². The van der Waals surface area contributed by atoms with Gasteiger partial charge in [0.15, 0.2) is 22.8 Å². The first-order valence-corrected chi connectivity index (χ1v) is 9.27. The van der Waals surface area contributed by atoms with Crippen molar-refractivity contribution in [3.63, 3.8) is 0 Å². The van der Waals surface area contributed by atoms with E-state index in [-0.39, 0.29) is 0 Å². The van der Waals surface area contributed by atoms with E-state index in [1.807, 2.05) is 30.6 Å². The molecule has 1 aromatic carbocycles. The lowest BCUT2D eigenvalue weighted by Gasteiger charge is -2.15. The Morgan fingerprint density at radius 3 is 2.77 bits per heavy atom. The first-order chi connectivity index (χ1) is 12.7. The Hall–Kier alpha value is -2.32. The van der Waals surface area contributed by atoms with E-state index in [2.05, 4.69) is 37.5 Å². The molecule has 0 saturated heterocycles. The molecule has 0 amide bonds. The number of para-hydroxylation sites is 2. The Morgan fingerprint density at radius 2 is 2.04 bits per heavy atom. The molecule has 0 aliphatic heterocycles. The number of hydrogen-bond acceptors (Lipinski definition) is 7. The maximum Gasteiger partial charge on any atom is 0.166 e. The van der Waals surface area contributed by atoms with Gasteiger partial charge < -0.3 is 20.4 Å². The van der Waals surface area contributed by atoms with E-state index in [9.17, 15) is 0 Å². The van der Waals surface area contributed by atoms with Gasteiger partial charge in [-0.25, -0.2) is 15.0 Å². The highest BCUT2D eigenvalue weighted by Crippen LogP contribution is 2.34. The Bertz CT molecular complexity index is 919. The Labute approximate surface area is 157 Å². The molecule has 2 heterocycles. The summed E-state index contributed by atoms with van der Waals surface area (Å²) in [5, 5.41) is 2.76. The molecule has 2 aromatic heterocycles. The van der Waals surface area contributed by atoms with Crippen molar-refractivity contribution in [3.8, 4) is 5.75 Å². The van der Waals surface area contributed by atoms with Crippen molar-refractivity contribution in [2.24, 2.45) is 5.73 Å². The van der Waals surface area contributed by atoms with Gasteiger partial charge in [0.25, 0.3) is 0 Å². The van der Waals surface area contributed by atoms with Gasteiger partial charge in [-0.1, -0.05) is 25.0 Å². The normalized spacial score (nSPS) is 16.1. The average Bonchev–Trinajstić information content (AvgIpc) is 3.31. The summed E-state index contributed by atoms with van der Waals surface area (Å²) in [5.74, 6) is 1.81. The van der Waals surface area contributed by atoms with Gasteiger partial charge in [0.1, 0.15) is 11.1 Å². The lowest BCUT2D eigenvalue weighted by Crippen LogP contribution is -2.12. The van der Waals surface area contributed by atoms with Gasteiger partial charge in [0, 0.05) is 6.04 Å². The van der Waals surface area contributed by atoms with Gasteiger partial charge in [0.05, 0.1) is 19.1 Å². The van der Waals surface area contributed by atoms with E-state index < -0.39 is 5.37 Å². The van der Waals surface area contributed by atoms with Crippen LogP contribution in [0.25, 0.3) is 11.2 Å². The molecule has 1 fully saturated rings. The smallest absolute Gasteiger partial charge is 0.166 e. The third kappa shape index (κ3) is 3.10. The summed E-state index contributed by atoms with van der Waals surface area (Å²) in [5.41, 5.74) is 8.28. The number of nitrogens with one attached hydrogen (secondary N) is 1. The van der Waals surface area contributed by atoms with Crippen LogP contribution in [0.2, 0.25) is 0 Å². The van der Waals surface area contributed by atoms with Crippen molar-refractivity contribution in [3.05, 3.63) is 36.4 Å². The number of ether oxygens (including phenoxy) is 1. The number of nitrogens with zero attached hydrogens (tertiary/aromatic N) is 4. The van der Waals surface area contributed by atoms with Crippen LogP contribution in [0.4, 0.5) is 11.5 Å². The van der Waals surface area contributed by atoms with E-state index in [1.165, 1.54) is 12.8 Å². The Balaban J connectivity index is 1.82. The predicted molar refractivity (Wildman–Crippen MR) is 105 cm³/mol. The minimum Gasteiger partial charge on any atom is -0.495 e. The first kappa shape index (κ1) is 17.1. The summed E-state index contributed by atoms with van der Waals surface area (Å²) in [6, 6.07) is 8.11. The molecule has 0 bridgehead atoms. The van der Waals surface area contributed by atoms with Crippen molar-refractivity contribution in [1.29, 1.82) is 0 Å². The number of benzene rings is 1. The molecule has 1 aliphatic rings. The zero-order valence-electron chi connectivity index (χ0n) is 14.6. The molecule has 0 radical (unpaired) electrons. The number of anilines is 2. The van der Waals surface area contributed by atoms with E-state index in [0.29, 0.717) is 17.7 Å². The number of imidazole rings is 1.